The van der Waals surface area contributed by atoms with Crippen molar-refractivity contribution in [1.82, 2.24) is 15.1 Å². The van der Waals surface area contributed by atoms with Gasteiger partial charge in [0.25, 0.3) is 0 Å². The van der Waals surface area contributed by atoms with Gasteiger partial charge < -0.3 is 15.1 Å². The number of hydrogen-bond donors (Lipinski definition) is 1. The lowest BCUT2D eigenvalue weighted by molar-refractivity contribution is 0.186. The van der Waals surface area contributed by atoms with E-state index in [4.69, 9.17) is 0 Å². The number of likely N-dealkylation sites (tertiary alicyclic amines) is 2. The van der Waals surface area contributed by atoms with Gasteiger partial charge in [-0.3, -0.25) is 0 Å². The molecule has 2 saturated heterocycles. The molecule has 0 saturated carbocycles. The Bertz CT molecular complexity index is 261. The molecule has 124 valence electrons. The molecule has 1 N–H and O–H groups in total. The third-order valence-corrected chi connectivity index (χ3v) is 5.25. The van der Waals surface area contributed by atoms with E-state index in [0.717, 1.165) is 12.1 Å². The van der Waals surface area contributed by atoms with Crippen LogP contribution in [-0.2, 0) is 0 Å². The highest BCUT2D eigenvalue weighted by Gasteiger charge is 2.23. The second-order valence-electron chi connectivity index (χ2n) is 7.11. The van der Waals surface area contributed by atoms with E-state index < -0.39 is 0 Å². The molecule has 21 heavy (non-hydrogen) atoms. The van der Waals surface area contributed by atoms with Gasteiger partial charge in [0, 0.05) is 12.1 Å². The van der Waals surface area contributed by atoms with E-state index in [2.05, 4.69) is 29.0 Å². The maximum absolute atomic E-state index is 3.98. The maximum atomic E-state index is 3.98. The van der Waals surface area contributed by atoms with E-state index in [9.17, 15) is 0 Å². The molecule has 1 atom stereocenters. The molecule has 1 unspecified atom stereocenters. The molecule has 0 aliphatic carbocycles. The summed E-state index contributed by atoms with van der Waals surface area (Å²) in [5.74, 6) is 0. The van der Waals surface area contributed by atoms with Crippen LogP contribution in [0.2, 0.25) is 0 Å². The number of rotatable bonds is 7. The van der Waals surface area contributed by atoms with Crippen molar-refractivity contribution in [2.24, 2.45) is 0 Å². The lowest BCUT2D eigenvalue weighted by Gasteiger charge is -2.34. The van der Waals surface area contributed by atoms with E-state index in [-0.39, 0.29) is 0 Å². The molecule has 0 bridgehead atoms. The molecule has 0 aromatic rings. The van der Waals surface area contributed by atoms with Gasteiger partial charge in [-0.15, -0.1) is 0 Å². The Labute approximate surface area is 132 Å². The van der Waals surface area contributed by atoms with Crippen LogP contribution in [0, 0.1) is 0 Å². The quantitative estimate of drug-likeness (QED) is 0.778. The van der Waals surface area contributed by atoms with Crippen LogP contribution in [0.3, 0.4) is 0 Å². The van der Waals surface area contributed by atoms with Crippen molar-refractivity contribution >= 4 is 0 Å². The normalized spacial score (nSPS) is 26.9. The van der Waals surface area contributed by atoms with Crippen LogP contribution in [0.4, 0.5) is 0 Å². The Morgan fingerprint density at radius 3 is 2.00 bits per heavy atom. The minimum absolute atomic E-state index is 0.777. The van der Waals surface area contributed by atoms with Gasteiger partial charge in [0.2, 0.25) is 0 Å². The zero-order valence-electron chi connectivity index (χ0n) is 14.4. The number of unbranched alkanes of at least 4 members (excludes halogenated alkanes) is 1. The van der Waals surface area contributed by atoms with E-state index in [1.54, 1.807) is 0 Å². The second-order valence-corrected chi connectivity index (χ2v) is 7.11. The van der Waals surface area contributed by atoms with Crippen molar-refractivity contribution in [3.8, 4) is 0 Å². The zero-order valence-corrected chi connectivity index (χ0v) is 14.4. The lowest BCUT2D eigenvalue weighted by Crippen LogP contribution is -2.46. The van der Waals surface area contributed by atoms with E-state index in [1.807, 2.05) is 0 Å². The molecule has 2 aliphatic heterocycles. The molecule has 0 amide bonds. The number of hydrogen-bond acceptors (Lipinski definition) is 3. The third-order valence-electron chi connectivity index (χ3n) is 5.25. The Kier molecular flexibility index (Phi) is 8.05. The molecule has 2 aliphatic rings. The van der Waals surface area contributed by atoms with Gasteiger partial charge in [-0.05, 0) is 84.2 Å². The highest BCUT2D eigenvalue weighted by Crippen LogP contribution is 2.16. The first-order chi connectivity index (χ1) is 10.3. The molecular formula is C18H37N3. The highest BCUT2D eigenvalue weighted by atomic mass is 15.2. The van der Waals surface area contributed by atoms with Crippen molar-refractivity contribution in [3.63, 3.8) is 0 Å². The maximum Gasteiger partial charge on any atom is 0.00940 e. The Morgan fingerprint density at radius 1 is 0.762 bits per heavy atom. The summed E-state index contributed by atoms with van der Waals surface area (Å²) in [5.41, 5.74) is 0. The summed E-state index contributed by atoms with van der Waals surface area (Å²) in [5, 5.41) is 3.98. The topological polar surface area (TPSA) is 18.5 Å². The van der Waals surface area contributed by atoms with Gasteiger partial charge in [0.15, 0.2) is 0 Å². The van der Waals surface area contributed by atoms with Gasteiger partial charge in [0.1, 0.15) is 0 Å². The summed E-state index contributed by atoms with van der Waals surface area (Å²) >= 11 is 0. The van der Waals surface area contributed by atoms with Crippen LogP contribution in [-0.4, -0.2) is 61.2 Å². The summed E-state index contributed by atoms with van der Waals surface area (Å²) in [7, 11) is 0. The predicted molar refractivity (Wildman–Crippen MR) is 91.9 cm³/mol. The molecule has 0 spiro atoms. The highest BCUT2D eigenvalue weighted by molar-refractivity contribution is 4.82. The van der Waals surface area contributed by atoms with Crippen molar-refractivity contribution in [3.05, 3.63) is 0 Å². The molecule has 0 radical (unpaired) electrons. The van der Waals surface area contributed by atoms with Crippen molar-refractivity contribution < 1.29 is 0 Å². The van der Waals surface area contributed by atoms with Crippen LogP contribution in [0.5, 0.6) is 0 Å². The van der Waals surface area contributed by atoms with Gasteiger partial charge in [-0.25, -0.2) is 0 Å². The Morgan fingerprint density at radius 2 is 1.38 bits per heavy atom. The van der Waals surface area contributed by atoms with E-state index in [0.29, 0.717) is 0 Å². The van der Waals surface area contributed by atoms with Crippen LogP contribution in [0.25, 0.3) is 0 Å². The molecular weight excluding hydrogens is 258 g/mol. The van der Waals surface area contributed by atoms with Crippen molar-refractivity contribution in [2.75, 3.05) is 39.3 Å². The van der Waals surface area contributed by atoms with Gasteiger partial charge in [0.05, 0.1) is 0 Å². The van der Waals surface area contributed by atoms with Crippen LogP contribution in [0.1, 0.15) is 65.2 Å². The van der Waals surface area contributed by atoms with Crippen LogP contribution < -0.4 is 5.32 Å². The average molecular weight is 296 g/mol. The fourth-order valence-electron chi connectivity index (χ4n) is 3.90. The van der Waals surface area contributed by atoms with Crippen LogP contribution >= 0.6 is 0 Å². The SMILES string of the molecule is CCCCN1CCC(NC2CCCN(CCC)CC2)CC1. The monoisotopic (exact) mass is 295 g/mol. The van der Waals surface area contributed by atoms with E-state index >= 15 is 0 Å². The summed E-state index contributed by atoms with van der Waals surface area (Å²) in [4.78, 5) is 5.33. The van der Waals surface area contributed by atoms with Gasteiger partial charge in [-0.2, -0.15) is 0 Å². The van der Waals surface area contributed by atoms with Gasteiger partial charge in [-0.1, -0.05) is 20.3 Å². The number of piperidine rings is 1. The number of nitrogens with one attached hydrogen (secondary N) is 1. The van der Waals surface area contributed by atoms with E-state index in [1.165, 1.54) is 90.6 Å². The van der Waals surface area contributed by atoms with Crippen LogP contribution in [0.15, 0.2) is 0 Å². The second kappa shape index (κ2) is 9.81. The predicted octanol–water partition coefficient (Wildman–Crippen LogP) is 3.11. The third kappa shape index (κ3) is 6.25. The summed E-state index contributed by atoms with van der Waals surface area (Å²) in [6.07, 6.45) is 10.8. The molecule has 2 fully saturated rings. The molecule has 3 nitrogen and oxygen atoms in total. The largest absolute Gasteiger partial charge is 0.311 e. The van der Waals surface area contributed by atoms with Crippen molar-refractivity contribution in [2.45, 2.75) is 77.3 Å². The molecule has 3 heteroatoms. The zero-order chi connectivity index (χ0) is 14.9. The fourth-order valence-corrected chi connectivity index (χ4v) is 3.90. The Balaban J connectivity index is 1.64. The minimum Gasteiger partial charge on any atom is -0.311 e. The fraction of sp³-hybridized carbons (Fsp3) is 1.00. The first-order valence-electron chi connectivity index (χ1n) is 9.52. The molecule has 2 heterocycles. The summed E-state index contributed by atoms with van der Waals surface area (Å²) in [6, 6.07) is 1.56. The lowest BCUT2D eigenvalue weighted by atomic mass is 10.0. The first-order valence-corrected chi connectivity index (χ1v) is 9.52. The average Bonchev–Trinajstić information content (AvgIpc) is 2.73. The molecule has 0 aromatic heterocycles. The minimum atomic E-state index is 0.777. The molecule has 2 rings (SSSR count). The summed E-state index contributed by atoms with van der Waals surface area (Å²) < 4.78 is 0. The smallest absolute Gasteiger partial charge is 0.00940 e. The number of nitrogens with zero attached hydrogens (tertiary/aromatic N) is 2. The molecule has 0 aromatic carbocycles. The standard InChI is InChI=1S/C18H37N3/c1-3-5-12-21-15-9-18(10-16-21)19-17-7-6-13-20(11-4-2)14-8-17/h17-19H,3-16H2,1-2H3. The van der Waals surface area contributed by atoms with Gasteiger partial charge >= 0.3 is 0 Å². The van der Waals surface area contributed by atoms with Crippen molar-refractivity contribution in [1.29, 1.82) is 0 Å². The Hall–Kier alpha value is -0.120. The first kappa shape index (κ1) is 17.2. The summed E-state index contributed by atoms with van der Waals surface area (Å²) in [6.45, 7) is 12.5.